The Bertz CT molecular complexity index is 629. The summed E-state index contributed by atoms with van der Waals surface area (Å²) < 4.78 is 10.3. The van der Waals surface area contributed by atoms with Crippen LogP contribution < -0.4 is 5.32 Å². The van der Waals surface area contributed by atoms with Crippen LogP contribution in [-0.2, 0) is 11.3 Å². The van der Waals surface area contributed by atoms with Gasteiger partial charge in [-0.2, -0.15) is 4.98 Å². The minimum absolute atomic E-state index is 0.0998. The molecule has 0 spiro atoms. The lowest BCUT2D eigenvalue weighted by atomic mass is 10.3. The van der Waals surface area contributed by atoms with Gasteiger partial charge in [0.2, 0.25) is 17.6 Å². The van der Waals surface area contributed by atoms with E-state index in [1.165, 1.54) is 0 Å². The van der Waals surface area contributed by atoms with E-state index >= 15 is 0 Å². The van der Waals surface area contributed by atoms with Gasteiger partial charge in [-0.05, 0) is 26.9 Å². The molecule has 21 heavy (non-hydrogen) atoms. The fourth-order valence-corrected chi connectivity index (χ4v) is 1.90. The highest BCUT2D eigenvalue weighted by Crippen LogP contribution is 2.40. The Morgan fingerprint density at radius 3 is 2.90 bits per heavy atom. The second-order valence-electron chi connectivity index (χ2n) is 5.42. The first kappa shape index (κ1) is 13.7. The van der Waals surface area contributed by atoms with Crippen molar-refractivity contribution in [1.82, 2.24) is 25.5 Å². The Kier molecular flexibility index (Phi) is 3.70. The average molecular weight is 291 g/mol. The SMILES string of the molecule is CN(C)CC(=O)NCc1nc(-c2cc(C3CC3)on2)no1. The predicted octanol–water partition coefficient (Wildman–Crippen LogP) is 0.780. The van der Waals surface area contributed by atoms with E-state index in [1.807, 2.05) is 20.2 Å². The smallest absolute Gasteiger partial charge is 0.246 e. The number of carbonyl (C=O) groups is 1. The lowest BCUT2D eigenvalue weighted by Gasteiger charge is -2.08. The van der Waals surface area contributed by atoms with E-state index < -0.39 is 0 Å². The fourth-order valence-electron chi connectivity index (χ4n) is 1.90. The monoisotopic (exact) mass is 291 g/mol. The number of likely N-dealkylation sites (N-methyl/N-ethyl adjacent to an activating group) is 1. The molecule has 2 aromatic heterocycles. The molecule has 0 saturated heterocycles. The summed E-state index contributed by atoms with van der Waals surface area (Å²) in [5.74, 6) is 1.98. The minimum Gasteiger partial charge on any atom is -0.360 e. The largest absolute Gasteiger partial charge is 0.360 e. The normalized spacial score (nSPS) is 14.6. The molecule has 0 aromatic carbocycles. The standard InChI is InChI=1S/C13H17N5O3/c1-18(2)7-11(19)14-6-12-15-13(17-21-12)9-5-10(20-16-9)8-3-4-8/h5,8H,3-4,6-7H2,1-2H3,(H,14,19). The zero-order valence-corrected chi connectivity index (χ0v) is 12.0. The van der Waals surface area contributed by atoms with E-state index in [2.05, 4.69) is 20.6 Å². The number of nitrogens with zero attached hydrogens (tertiary/aromatic N) is 4. The molecule has 1 aliphatic rings. The van der Waals surface area contributed by atoms with E-state index in [0.29, 0.717) is 29.9 Å². The van der Waals surface area contributed by atoms with E-state index in [9.17, 15) is 4.79 Å². The quantitative estimate of drug-likeness (QED) is 0.839. The molecule has 8 heteroatoms. The van der Waals surface area contributed by atoms with Gasteiger partial charge >= 0.3 is 0 Å². The Labute approximate surface area is 121 Å². The predicted molar refractivity (Wildman–Crippen MR) is 72.2 cm³/mol. The van der Waals surface area contributed by atoms with Crippen LogP contribution in [0.4, 0.5) is 0 Å². The van der Waals surface area contributed by atoms with Crippen molar-refractivity contribution in [2.75, 3.05) is 20.6 Å². The topological polar surface area (TPSA) is 97.3 Å². The van der Waals surface area contributed by atoms with Crippen molar-refractivity contribution in [1.29, 1.82) is 0 Å². The van der Waals surface area contributed by atoms with E-state index in [0.717, 1.165) is 18.6 Å². The molecule has 1 saturated carbocycles. The molecule has 1 N–H and O–H groups in total. The second-order valence-corrected chi connectivity index (χ2v) is 5.42. The average Bonchev–Trinajstić information content (AvgIpc) is 2.99. The number of rotatable bonds is 6. The summed E-state index contributed by atoms with van der Waals surface area (Å²) in [5.41, 5.74) is 0.562. The Morgan fingerprint density at radius 1 is 1.38 bits per heavy atom. The molecule has 0 radical (unpaired) electrons. The summed E-state index contributed by atoms with van der Waals surface area (Å²) in [5, 5.41) is 10.5. The molecule has 1 fully saturated rings. The molecule has 3 rings (SSSR count). The highest BCUT2D eigenvalue weighted by Gasteiger charge is 2.28. The van der Waals surface area contributed by atoms with Gasteiger partial charge < -0.3 is 19.3 Å². The van der Waals surface area contributed by atoms with Crippen molar-refractivity contribution in [3.63, 3.8) is 0 Å². The molecule has 8 nitrogen and oxygen atoms in total. The third-order valence-corrected chi connectivity index (χ3v) is 3.10. The Hall–Kier alpha value is -2.22. The van der Waals surface area contributed by atoms with Crippen LogP contribution in [-0.4, -0.2) is 46.7 Å². The molecule has 0 atom stereocenters. The lowest BCUT2D eigenvalue weighted by Crippen LogP contribution is -2.32. The molecule has 0 unspecified atom stereocenters. The van der Waals surface area contributed by atoms with Crippen LogP contribution in [0, 0.1) is 0 Å². The Balaban J connectivity index is 1.58. The summed E-state index contributed by atoms with van der Waals surface area (Å²) in [7, 11) is 3.65. The maximum atomic E-state index is 11.5. The van der Waals surface area contributed by atoms with Gasteiger partial charge in [0.1, 0.15) is 5.76 Å². The van der Waals surface area contributed by atoms with Crippen molar-refractivity contribution in [3.05, 3.63) is 17.7 Å². The van der Waals surface area contributed by atoms with E-state index in [1.54, 1.807) is 4.90 Å². The summed E-state index contributed by atoms with van der Waals surface area (Å²) in [4.78, 5) is 17.5. The zero-order valence-electron chi connectivity index (χ0n) is 12.0. The third-order valence-electron chi connectivity index (χ3n) is 3.10. The molecule has 0 bridgehead atoms. The van der Waals surface area contributed by atoms with Crippen LogP contribution in [0.3, 0.4) is 0 Å². The maximum Gasteiger partial charge on any atom is 0.246 e. The van der Waals surface area contributed by atoms with Gasteiger partial charge in [0.25, 0.3) is 0 Å². The molecular weight excluding hydrogens is 274 g/mol. The lowest BCUT2D eigenvalue weighted by molar-refractivity contribution is -0.121. The van der Waals surface area contributed by atoms with Crippen LogP contribution in [0.15, 0.2) is 15.1 Å². The van der Waals surface area contributed by atoms with Gasteiger partial charge in [-0.15, -0.1) is 0 Å². The van der Waals surface area contributed by atoms with Crippen molar-refractivity contribution in [2.24, 2.45) is 0 Å². The van der Waals surface area contributed by atoms with Crippen LogP contribution in [0.25, 0.3) is 11.5 Å². The van der Waals surface area contributed by atoms with Crippen LogP contribution in [0.5, 0.6) is 0 Å². The Morgan fingerprint density at radius 2 is 2.19 bits per heavy atom. The summed E-state index contributed by atoms with van der Waals surface area (Å²) >= 11 is 0. The molecule has 0 aliphatic heterocycles. The first-order chi connectivity index (χ1) is 10.1. The third kappa shape index (κ3) is 3.46. The van der Waals surface area contributed by atoms with Crippen LogP contribution in [0.2, 0.25) is 0 Å². The first-order valence-electron chi connectivity index (χ1n) is 6.83. The maximum absolute atomic E-state index is 11.5. The minimum atomic E-state index is -0.0998. The second kappa shape index (κ2) is 5.65. The number of hydrogen-bond acceptors (Lipinski definition) is 7. The number of carbonyl (C=O) groups excluding carboxylic acids is 1. The number of amides is 1. The molecule has 1 aliphatic carbocycles. The van der Waals surface area contributed by atoms with Gasteiger partial charge in [-0.1, -0.05) is 10.3 Å². The summed E-state index contributed by atoms with van der Waals surface area (Å²) in [6.07, 6.45) is 2.29. The van der Waals surface area contributed by atoms with Gasteiger partial charge in [-0.3, -0.25) is 4.79 Å². The number of nitrogens with one attached hydrogen (secondary N) is 1. The molecule has 1 amide bonds. The number of hydrogen-bond donors (Lipinski definition) is 1. The highest BCUT2D eigenvalue weighted by atomic mass is 16.5. The van der Waals surface area contributed by atoms with Gasteiger partial charge in [0.05, 0.1) is 13.1 Å². The van der Waals surface area contributed by atoms with Gasteiger partial charge in [0.15, 0.2) is 5.69 Å². The summed E-state index contributed by atoms with van der Waals surface area (Å²) in [6, 6.07) is 1.84. The van der Waals surface area contributed by atoms with Crippen LogP contribution >= 0.6 is 0 Å². The van der Waals surface area contributed by atoms with Crippen molar-refractivity contribution in [2.45, 2.75) is 25.3 Å². The summed E-state index contributed by atoms with van der Waals surface area (Å²) in [6.45, 7) is 0.516. The van der Waals surface area contributed by atoms with Crippen LogP contribution in [0.1, 0.15) is 30.4 Å². The van der Waals surface area contributed by atoms with Crippen molar-refractivity contribution >= 4 is 5.91 Å². The fraction of sp³-hybridized carbons (Fsp3) is 0.538. The molecular formula is C13H17N5O3. The molecule has 2 aromatic rings. The zero-order chi connectivity index (χ0) is 14.8. The molecule has 2 heterocycles. The van der Waals surface area contributed by atoms with Crippen molar-refractivity contribution < 1.29 is 13.8 Å². The van der Waals surface area contributed by atoms with Gasteiger partial charge in [0, 0.05) is 12.0 Å². The van der Waals surface area contributed by atoms with E-state index in [-0.39, 0.29) is 12.5 Å². The van der Waals surface area contributed by atoms with Gasteiger partial charge in [-0.25, -0.2) is 0 Å². The highest BCUT2D eigenvalue weighted by molar-refractivity contribution is 5.77. The van der Waals surface area contributed by atoms with E-state index in [4.69, 9.17) is 9.05 Å². The molecule has 112 valence electrons. The number of aromatic nitrogens is 3. The first-order valence-corrected chi connectivity index (χ1v) is 6.83. The van der Waals surface area contributed by atoms with Crippen molar-refractivity contribution in [3.8, 4) is 11.5 Å².